The van der Waals surface area contributed by atoms with E-state index in [1.807, 2.05) is 121 Å². The maximum atomic E-state index is 6.47. The summed E-state index contributed by atoms with van der Waals surface area (Å²) >= 11 is 0. The highest BCUT2D eigenvalue weighted by Gasteiger charge is 2.50. The summed E-state index contributed by atoms with van der Waals surface area (Å²) in [7, 11) is 0. The second kappa shape index (κ2) is 8.13. The zero-order valence-electron chi connectivity index (χ0n) is 16.3. The molecule has 0 bridgehead atoms. The van der Waals surface area contributed by atoms with E-state index in [9.17, 15) is 0 Å². The molecule has 4 aromatic rings. The van der Waals surface area contributed by atoms with Gasteiger partial charge in [-0.2, -0.15) is 9.78 Å². The lowest BCUT2D eigenvalue weighted by atomic mass is 9.93. The van der Waals surface area contributed by atoms with E-state index in [1.54, 1.807) is 5.06 Å². The van der Waals surface area contributed by atoms with Gasteiger partial charge < -0.3 is 0 Å². The number of hydroxylamine groups is 1. The van der Waals surface area contributed by atoms with Gasteiger partial charge in [0, 0.05) is 16.7 Å². The molecule has 1 atom stereocenters. The van der Waals surface area contributed by atoms with Crippen molar-refractivity contribution in [3.8, 4) is 0 Å². The highest BCUT2D eigenvalue weighted by Crippen LogP contribution is 2.46. The lowest BCUT2D eigenvalue weighted by molar-refractivity contribution is -0.479. The highest BCUT2D eigenvalue weighted by atomic mass is 17.3. The number of hydrogen-bond donors (Lipinski definition) is 0. The molecule has 5 rings (SSSR count). The van der Waals surface area contributed by atoms with Gasteiger partial charge in [-0.3, -0.25) is 0 Å². The third-order valence-corrected chi connectivity index (χ3v) is 5.14. The van der Waals surface area contributed by atoms with Crippen molar-refractivity contribution in [2.45, 2.75) is 12.0 Å². The molecular weight excluding hydrogens is 374 g/mol. The molecule has 1 unspecified atom stereocenters. The van der Waals surface area contributed by atoms with Crippen molar-refractivity contribution < 1.29 is 14.6 Å². The Morgan fingerprint density at radius 2 is 1.03 bits per heavy atom. The van der Waals surface area contributed by atoms with Crippen molar-refractivity contribution in [1.29, 1.82) is 0 Å². The number of hydrogen-bond acceptors (Lipinski definition) is 4. The Balaban J connectivity index is 1.68. The van der Waals surface area contributed by atoms with Crippen LogP contribution in [0.2, 0.25) is 0 Å². The SMILES string of the molecule is c1ccc(C2OOC(c3ccccc3)(c3ccccc3)N(c3ccccc3)O2)cc1. The quantitative estimate of drug-likeness (QED) is 0.397. The Labute approximate surface area is 175 Å². The van der Waals surface area contributed by atoms with E-state index < -0.39 is 12.0 Å². The molecule has 4 nitrogen and oxygen atoms in total. The molecule has 0 saturated carbocycles. The van der Waals surface area contributed by atoms with E-state index in [0.717, 1.165) is 22.4 Å². The summed E-state index contributed by atoms with van der Waals surface area (Å²) in [4.78, 5) is 18.6. The Bertz CT molecular complexity index is 1030. The number of rotatable bonds is 4. The average molecular weight is 395 g/mol. The van der Waals surface area contributed by atoms with Crippen molar-refractivity contribution in [2.24, 2.45) is 0 Å². The Hall–Kier alpha value is -3.44. The summed E-state index contributed by atoms with van der Waals surface area (Å²) in [5.74, 6) is 0. The fraction of sp³-hybridized carbons (Fsp3) is 0.0769. The summed E-state index contributed by atoms with van der Waals surface area (Å²) in [5.41, 5.74) is 2.40. The van der Waals surface area contributed by atoms with E-state index in [2.05, 4.69) is 0 Å². The molecule has 0 spiro atoms. The van der Waals surface area contributed by atoms with Crippen LogP contribution in [0.3, 0.4) is 0 Å². The van der Waals surface area contributed by atoms with Crippen LogP contribution in [0.25, 0.3) is 0 Å². The smallest absolute Gasteiger partial charge is 0.230 e. The lowest BCUT2D eigenvalue weighted by Gasteiger charge is -2.47. The first-order valence-corrected chi connectivity index (χ1v) is 9.90. The van der Waals surface area contributed by atoms with Crippen LogP contribution >= 0.6 is 0 Å². The van der Waals surface area contributed by atoms with Gasteiger partial charge in [0.25, 0.3) is 0 Å². The van der Waals surface area contributed by atoms with Crippen LogP contribution in [0, 0.1) is 0 Å². The van der Waals surface area contributed by atoms with E-state index in [-0.39, 0.29) is 0 Å². The molecule has 0 N–H and O–H groups in total. The van der Waals surface area contributed by atoms with Crippen molar-refractivity contribution in [2.75, 3.05) is 5.06 Å². The monoisotopic (exact) mass is 395 g/mol. The van der Waals surface area contributed by atoms with E-state index in [1.165, 1.54) is 0 Å². The van der Waals surface area contributed by atoms with Crippen molar-refractivity contribution in [3.05, 3.63) is 138 Å². The topological polar surface area (TPSA) is 30.9 Å². The first kappa shape index (κ1) is 18.6. The minimum Gasteiger partial charge on any atom is -0.230 e. The van der Waals surface area contributed by atoms with Gasteiger partial charge in [0.05, 0.1) is 5.69 Å². The van der Waals surface area contributed by atoms with Gasteiger partial charge in [-0.15, -0.1) is 0 Å². The molecule has 0 amide bonds. The standard InChI is InChI=1S/C26H21NO3/c1-5-13-21(14-6-1)25-28-27(24-19-11-4-12-20-24)26(30-29-25,22-15-7-2-8-16-22)23-17-9-3-10-18-23/h1-20,25H. The average Bonchev–Trinajstić information content (AvgIpc) is 2.86. The molecule has 1 aliphatic heterocycles. The van der Waals surface area contributed by atoms with Crippen LogP contribution in [0.1, 0.15) is 23.0 Å². The van der Waals surface area contributed by atoms with Crippen LogP contribution in [-0.4, -0.2) is 0 Å². The van der Waals surface area contributed by atoms with Crippen molar-refractivity contribution in [3.63, 3.8) is 0 Å². The highest BCUT2D eigenvalue weighted by molar-refractivity contribution is 5.52. The van der Waals surface area contributed by atoms with Crippen molar-refractivity contribution in [1.82, 2.24) is 0 Å². The summed E-state index contributed by atoms with van der Waals surface area (Å²) in [6, 6.07) is 39.6. The van der Waals surface area contributed by atoms with Crippen LogP contribution in [0.15, 0.2) is 121 Å². The third-order valence-electron chi connectivity index (χ3n) is 5.14. The minimum absolute atomic E-state index is 0.702. The predicted octanol–water partition coefficient (Wildman–Crippen LogP) is 5.99. The summed E-state index contributed by atoms with van der Waals surface area (Å²) < 4.78 is 0. The van der Waals surface area contributed by atoms with Gasteiger partial charge >= 0.3 is 0 Å². The van der Waals surface area contributed by atoms with Gasteiger partial charge in [-0.1, -0.05) is 109 Å². The normalized spacial score (nSPS) is 18.1. The largest absolute Gasteiger partial charge is 0.249 e. The van der Waals surface area contributed by atoms with E-state index >= 15 is 0 Å². The molecule has 0 radical (unpaired) electrons. The zero-order chi connectivity index (χ0) is 20.2. The zero-order valence-corrected chi connectivity index (χ0v) is 16.3. The number of anilines is 1. The third kappa shape index (κ3) is 3.27. The molecule has 1 aliphatic rings. The van der Waals surface area contributed by atoms with Gasteiger partial charge in [-0.05, 0) is 12.1 Å². The molecule has 1 fully saturated rings. The maximum absolute atomic E-state index is 6.47. The number of nitrogens with zero attached hydrogens (tertiary/aromatic N) is 1. The fourth-order valence-corrected chi connectivity index (χ4v) is 3.69. The Morgan fingerprint density at radius 3 is 1.57 bits per heavy atom. The first-order valence-electron chi connectivity index (χ1n) is 9.90. The van der Waals surface area contributed by atoms with Gasteiger partial charge in [0.15, 0.2) is 0 Å². The molecule has 0 aliphatic carbocycles. The van der Waals surface area contributed by atoms with E-state index in [4.69, 9.17) is 14.6 Å². The molecule has 148 valence electrons. The Kier molecular flexibility index (Phi) is 5.03. The molecule has 4 heteroatoms. The van der Waals surface area contributed by atoms with Crippen LogP contribution in [-0.2, 0) is 20.3 Å². The predicted molar refractivity (Wildman–Crippen MR) is 115 cm³/mol. The summed E-state index contributed by atoms with van der Waals surface area (Å²) in [6.45, 7) is 0. The second-order valence-electron chi connectivity index (χ2n) is 7.03. The lowest BCUT2D eigenvalue weighted by Crippen LogP contribution is -2.54. The van der Waals surface area contributed by atoms with Crippen LogP contribution in [0.5, 0.6) is 0 Å². The van der Waals surface area contributed by atoms with E-state index in [0.29, 0.717) is 0 Å². The maximum Gasteiger partial charge on any atom is 0.249 e. The molecule has 1 heterocycles. The fourth-order valence-electron chi connectivity index (χ4n) is 3.69. The van der Waals surface area contributed by atoms with Crippen LogP contribution in [0.4, 0.5) is 5.69 Å². The summed E-state index contributed by atoms with van der Waals surface area (Å²) in [6.07, 6.45) is -0.702. The molecule has 30 heavy (non-hydrogen) atoms. The van der Waals surface area contributed by atoms with Crippen molar-refractivity contribution >= 4 is 5.69 Å². The minimum atomic E-state index is -1.12. The Morgan fingerprint density at radius 1 is 0.567 bits per heavy atom. The molecular formula is C26H21NO3. The number of benzene rings is 4. The molecule has 4 aromatic carbocycles. The first-order chi connectivity index (χ1) is 14.9. The van der Waals surface area contributed by atoms with Gasteiger partial charge in [0.1, 0.15) is 0 Å². The molecule has 1 saturated heterocycles. The second-order valence-corrected chi connectivity index (χ2v) is 7.03. The molecule has 0 aromatic heterocycles. The van der Waals surface area contributed by atoms with Crippen LogP contribution < -0.4 is 5.06 Å². The van der Waals surface area contributed by atoms with Gasteiger partial charge in [0.2, 0.25) is 12.0 Å². The number of para-hydroxylation sites is 1. The summed E-state index contributed by atoms with van der Waals surface area (Å²) in [5, 5.41) is 1.80. The van der Waals surface area contributed by atoms with Gasteiger partial charge in [-0.25, -0.2) is 9.90 Å².